The van der Waals surface area contributed by atoms with Crippen molar-refractivity contribution in [2.45, 2.75) is 11.4 Å². The molecule has 4 rings (SSSR count). The first-order valence-electron chi connectivity index (χ1n) is 9.64. The molecule has 2 aromatic heterocycles. The van der Waals surface area contributed by atoms with Gasteiger partial charge in [-0.1, -0.05) is 18.2 Å². The van der Waals surface area contributed by atoms with Crippen molar-refractivity contribution >= 4 is 44.8 Å². The number of hydrogen-bond acceptors (Lipinski definition) is 6. The summed E-state index contributed by atoms with van der Waals surface area (Å²) in [5, 5.41) is 10.5. The van der Waals surface area contributed by atoms with Crippen LogP contribution in [0.2, 0.25) is 0 Å². The van der Waals surface area contributed by atoms with Gasteiger partial charge in [-0.05, 0) is 48.6 Å². The highest BCUT2D eigenvalue weighted by Crippen LogP contribution is 2.17. The summed E-state index contributed by atoms with van der Waals surface area (Å²) >= 11 is 5.29. The largest absolute Gasteiger partial charge is 0.332 e. The maximum atomic E-state index is 13.8. The number of thiocarbonyl (C=S) groups is 1. The molecule has 0 aliphatic carbocycles. The van der Waals surface area contributed by atoms with Gasteiger partial charge in [-0.25, -0.2) is 27.5 Å². The lowest BCUT2D eigenvalue weighted by atomic mass is 10.2. The van der Waals surface area contributed by atoms with Gasteiger partial charge in [-0.15, -0.1) is 0 Å². The molecule has 0 spiro atoms. The molecule has 0 unspecified atom stereocenters. The molecule has 0 bridgehead atoms. The number of sulfonamides is 1. The van der Waals surface area contributed by atoms with Gasteiger partial charge in [0.05, 0.1) is 11.4 Å². The van der Waals surface area contributed by atoms with Crippen LogP contribution in [-0.2, 0) is 16.6 Å². The molecule has 2 heterocycles. The highest BCUT2D eigenvalue weighted by Gasteiger charge is 2.15. The van der Waals surface area contributed by atoms with Crippen molar-refractivity contribution in [3.8, 4) is 0 Å². The van der Waals surface area contributed by atoms with Crippen LogP contribution in [0.3, 0.4) is 0 Å². The molecule has 3 N–H and O–H groups in total. The van der Waals surface area contributed by atoms with Gasteiger partial charge in [0.15, 0.2) is 10.9 Å². The van der Waals surface area contributed by atoms with Crippen molar-refractivity contribution in [2.24, 2.45) is 0 Å². The van der Waals surface area contributed by atoms with Gasteiger partial charge in [0.1, 0.15) is 5.82 Å². The molecule has 0 amide bonds. The second-order valence-electron chi connectivity index (χ2n) is 6.77. The Kier molecular flexibility index (Phi) is 6.56. The van der Waals surface area contributed by atoms with Gasteiger partial charge in [0.25, 0.3) is 10.0 Å². The molecule has 0 atom stereocenters. The second-order valence-corrected chi connectivity index (χ2v) is 8.86. The summed E-state index contributed by atoms with van der Waals surface area (Å²) in [6.45, 7) is 0.284. The normalized spacial score (nSPS) is 11.1. The first kappa shape index (κ1) is 22.3. The molecule has 0 saturated heterocycles. The molecule has 0 radical (unpaired) electrons. The fourth-order valence-corrected chi connectivity index (χ4v) is 4.02. The highest BCUT2D eigenvalue weighted by molar-refractivity contribution is 7.92. The maximum absolute atomic E-state index is 13.8. The van der Waals surface area contributed by atoms with E-state index in [1.165, 1.54) is 30.6 Å². The third-order valence-corrected chi connectivity index (χ3v) is 5.93. The quantitative estimate of drug-likeness (QED) is 0.343. The van der Waals surface area contributed by atoms with E-state index in [-0.39, 0.29) is 28.3 Å². The van der Waals surface area contributed by atoms with Crippen LogP contribution in [0.15, 0.2) is 84.1 Å². The molecule has 9 nitrogen and oxygen atoms in total. The second kappa shape index (κ2) is 9.71. The van der Waals surface area contributed by atoms with E-state index in [0.29, 0.717) is 17.1 Å². The van der Waals surface area contributed by atoms with E-state index in [1.807, 2.05) is 0 Å². The zero-order valence-electron chi connectivity index (χ0n) is 17.0. The zero-order valence-corrected chi connectivity index (χ0v) is 18.6. The predicted molar refractivity (Wildman–Crippen MR) is 127 cm³/mol. The standard InChI is InChI=1S/C21H18FN7O2S2/c22-18-5-2-1-4-15(18)14-29-13-10-19(27-29)26-21(32)25-16-6-8-17(9-7-16)33(30,31)28-20-23-11-3-12-24-20/h1-13H,14H2,(H,23,24,28)(H2,25,26,27,32). The van der Waals surface area contributed by atoms with Crippen LogP contribution in [0.4, 0.5) is 21.8 Å². The summed E-state index contributed by atoms with van der Waals surface area (Å²) in [5.74, 6) is 0.172. The van der Waals surface area contributed by atoms with Gasteiger partial charge in [0.2, 0.25) is 5.95 Å². The van der Waals surface area contributed by atoms with Gasteiger partial charge in [-0.2, -0.15) is 5.10 Å². The summed E-state index contributed by atoms with van der Waals surface area (Å²) in [5.41, 5.74) is 1.10. The molecule has 0 aliphatic heterocycles. The van der Waals surface area contributed by atoms with E-state index in [9.17, 15) is 12.8 Å². The van der Waals surface area contributed by atoms with E-state index in [2.05, 4.69) is 30.4 Å². The van der Waals surface area contributed by atoms with Crippen LogP contribution in [0.5, 0.6) is 0 Å². The van der Waals surface area contributed by atoms with E-state index in [0.717, 1.165) is 0 Å². The topological polar surface area (TPSA) is 114 Å². The van der Waals surface area contributed by atoms with E-state index in [1.54, 1.807) is 53.3 Å². The lowest BCUT2D eigenvalue weighted by molar-refractivity contribution is 0.586. The molecule has 4 aromatic rings. The number of benzene rings is 2. The molecule has 2 aromatic carbocycles. The number of anilines is 3. The van der Waals surface area contributed by atoms with E-state index in [4.69, 9.17) is 12.2 Å². The SMILES string of the molecule is O=S(=O)(Nc1ncccn1)c1ccc(NC(=S)Nc2ccn(Cc3ccccc3F)n2)cc1. The molecular weight excluding hydrogens is 465 g/mol. The van der Waals surface area contributed by atoms with Crippen LogP contribution < -0.4 is 15.4 Å². The summed E-state index contributed by atoms with van der Waals surface area (Å²) < 4.78 is 42.6. The van der Waals surface area contributed by atoms with Gasteiger partial charge in [0, 0.05) is 35.9 Å². The Bertz CT molecular complexity index is 1360. The number of rotatable bonds is 7. The summed E-state index contributed by atoms with van der Waals surface area (Å²) in [4.78, 5) is 7.75. The summed E-state index contributed by atoms with van der Waals surface area (Å²) in [6, 6.07) is 15.8. The minimum atomic E-state index is -3.82. The zero-order chi connectivity index (χ0) is 23.3. The van der Waals surface area contributed by atoms with Gasteiger partial charge >= 0.3 is 0 Å². The first-order chi connectivity index (χ1) is 15.9. The van der Waals surface area contributed by atoms with Crippen molar-refractivity contribution in [3.63, 3.8) is 0 Å². The Labute approximate surface area is 194 Å². The molecule has 12 heteroatoms. The van der Waals surface area contributed by atoms with Crippen molar-refractivity contribution < 1.29 is 12.8 Å². The number of hydrogen-bond donors (Lipinski definition) is 3. The third-order valence-electron chi connectivity index (χ3n) is 4.39. The third kappa shape index (κ3) is 5.87. The van der Waals surface area contributed by atoms with Crippen LogP contribution in [0.1, 0.15) is 5.56 Å². The molecule has 0 aliphatic rings. The van der Waals surface area contributed by atoms with Crippen molar-refractivity contribution in [1.29, 1.82) is 0 Å². The molecule has 168 valence electrons. The minimum absolute atomic E-state index is 0.0143. The number of nitrogens with one attached hydrogen (secondary N) is 3. The number of halogens is 1. The van der Waals surface area contributed by atoms with Crippen molar-refractivity contribution in [2.75, 3.05) is 15.4 Å². The minimum Gasteiger partial charge on any atom is -0.332 e. The average Bonchev–Trinajstić information content (AvgIpc) is 3.22. The lowest BCUT2D eigenvalue weighted by Gasteiger charge is -2.10. The molecule has 0 saturated carbocycles. The average molecular weight is 484 g/mol. The van der Waals surface area contributed by atoms with Crippen molar-refractivity contribution in [3.05, 3.63) is 90.6 Å². The molecule has 33 heavy (non-hydrogen) atoms. The van der Waals surface area contributed by atoms with Crippen LogP contribution in [0, 0.1) is 5.82 Å². The lowest BCUT2D eigenvalue weighted by Crippen LogP contribution is -2.20. The van der Waals surface area contributed by atoms with Crippen LogP contribution in [-0.4, -0.2) is 33.3 Å². The van der Waals surface area contributed by atoms with Crippen LogP contribution in [0.25, 0.3) is 0 Å². The summed E-state index contributed by atoms with van der Waals surface area (Å²) in [7, 11) is -3.82. The van der Waals surface area contributed by atoms with Gasteiger partial charge < -0.3 is 10.6 Å². The fraction of sp³-hybridized carbons (Fsp3) is 0.0476. The van der Waals surface area contributed by atoms with E-state index < -0.39 is 10.0 Å². The van der Waals surface area contributed by atoms with E-state index >= 15 is 0 Å². The Morgan fingerprint density at radius 3 is 2.42 bits per heavy atom. The smallest absolute Gasteiger partial charge is 0.264 e. The Balaban J connectivity index is 1.34. The molecular formula is C21H18FN7O2S2. The monoisotopic (exact) mass is 483 g/mol. The Morgan fingerprint density at radius 2 is 1.70 bits per heavy atom. The summed E-state index contributed by atoms with van der Waals surface area (Å²) in [6.07, 6.45) is 4.59. The Morgan fingerprint density at radius 1 is 0.970 bits per heavy atom. The van der Waals surface area contributed by atoms with Gasteiger partial charge in [-0.3, -0.25) is 4.68 Å². The number of nitrogens with zero attached hydrogens (tertiary/aromatic N) is 4. The predicted octanol–water partition coefficient (Wildman–Crippen LogP) is 3.47. The fourth-order valence-electron chi connectivity index (χ4n) is 2.84. The maximum Gasteiger partial charge on any atom is 0.264 e. The highest BCUT2D eigenvalue weighted by atomic mass is 32.2. The first-order valence-corrected chi connectivity index (χ1v) is 11.5. The van der Waals surface area contributed by atoms with Crippen molar-refractivity contribution in [1.82, 2.24) is 19.7 Å². The number of aromatic nitrogens is 4. The Hall–Kier alpha value is -3.90. The molecule has 0 fully saturated rings. The van der Waals surface area contributed by atoms with Crippen LogP contribution >= 0.6 is 12.2 Å².